The molecule has 1 aromatic heterocycles. The van der Waals surface area contributed by atoms with E-state index in [9.17, 15) is 9.18 Å². The number of amides is 1. The predicted octanol–water partition coefficient (Wildman–Crippen LogP) is 3.19. The first-order chi connectivity index (χ1) is 9.08. The molecule has 1 heterocycles. The van der Waals surface area contributed by atoms with Crippen LogP contribution in [0.15, 0.2) is 47.1 Å². The SMILES string of the molecule is CN(C(=O)Cc1ccccc1F)c1cc(Br)ccn1. The van der Waals surface area contributed by atoms with Crippen LogP contribution < -0.4 is 4.90 Å². The minimum atomic E-state index is -0.369. The van der Waals surface area contributed by atoms with Crippen LogP contribution in [-0.4, -0.2) is 17.9 Å². The molecule has 19 heavy (non-hydrogen) atoms. The quantitative estimate of drug-likeness (QED) is 0.869. The Labute approximate surface area is 119 Å². The van der Waals surface area contributed by atoms with Gasteiger partial charge in [-0.05, 0) is 23.8 Å². The summed E-state index contributed by atoms with van der Waals surface area (Å²) in [4.78, 5) is 17.6. The maximum absolute atomic E-state index is 13.5. The van der Waals surface area contributed by atoms with Gasteiger partial charge in [-0.15, -0.1) is 0 Å². The molecule has 0 aliphatic carbocycles. The highest BCUT2D eigenvalue weighted by molar-refractivity contribution is 9.10. The molecule has 0 unspecified atom stereocenters. The van der Waals surface area contributed by atoms with Gasteiger partial charge in [0.2, 0.25) is 5.91 Å². The van der Waals surface area contributed by atoms with Crippen LogP contribution in [-0.2, 0) is 11.2 Å². The fourth-order valence-electron chi connectivity index (χ4n) is 1.63. The minimum absolute atomic E-state index is 0.0113. The Bertz CT molecular complexity index is 604. The summed E-state index contributed by atoms with van der Waals surface area (Å²) in [5.74, 6) is -0.0575. The lowest BCUT2D eigenvalue weighted by atomic mass is 10.1. The number of hydrogen-bond donors (Lipinski definition) is 0. The van der Waals surface area contributed by atoms with Crippen molar-refractivity contribution >= 4 is 27.7 Å². The highest BCUT2D eigenvalue weighted by atomic mass is 79.9. The third kappa shape index (κ3) is 3.38. The topological polar surface area (TPSA) is 33.2 Å². The van der Waals surface area contributed by atoms with Gasteiger partial charge in [-0.1, -0.05) is 34.1 Å². The summed E-state index contributed by atoms with van der Waals surface area (Å²) in [7, 11) is 1.62. The van der Waals surface area contributed by atoms with E-state index in [4.69, 9.17) is 0 Å². The van der Waals surface area contributed by atoms with Crippen molar-refractivity contribution in [2.45, 2.75) is 6.42 Å². The molecule has 98 valence electrons. The lowest BCUT2D eigenvalue weighted by molar-refractivity contribution is -0.117. The normalized spacial score (nSPS) is 10.3. The zero-order valence-corrected chi connectivity index (χ0v) is 11.9. The highest BCUT2D eigenvalue weighted by Gasteiger charge is 2.14. The van der Waals surface area contributed by atoms with Gasteiger partial charge in [0.15, 0.2) is 0 Å². The standard InChI is InChI=1S/C14H12BrFN2O/c1-18(13-9-11(15)6-7-17-13)14(19)8-10-4-2-3-5-12(10)16/h2-7,9H,8H2,1H3. The molecule has 3 nitrogen and oxygen atoms in total. The third-order valence-electron chi connectivity index (χ3n) is 2.72. The predicted molar refractivity (Wildman–Crippen MR) is 75.5 cm³/mol. The second-order valence-electron chi connectivity index (χ2n) is 4.05. The Morgan fingerprint density at radius 1 is 1.37 bits per heavy atom. The Kier molecular flexibility index (Phi) is 4.27. The Balaban J connectivity index is 2.14. The molecule has 0 fully saturated rings. The molecular formula is C14H12BrFN2O. The van der Waals surface area contributed by atoms with Gasteiger partial charge in [-0.3, -0.25) is 9.69 Å². The van der Waals surface area contributed by atoms with Crippen molar-refractivity contribution < 1.29 is 9.18 Å². The van der Waals surface area contributed by atoms with E-state index >= 15 is 0 Å². The van der Waals surface area contributed by atoms with Crippen molar-refractivity contribution in [3.63, 3.8) is 0 Å². The molecule has 1 aromatic carbocycles. The summed E-state index contributed by atoms with van der Waals surface area (Å²) in [5, 5.41) is 0. The van der Waals surface area contributed by atoms with Gasteiger partial charge in [-0.2, -0.15) is 0 Å². The second kappa shape index (κ2) is 5.93. The molecule has 5 heteroatoms. The van der Waals surface area contributed by atoms with Crippen LogP contribution in [0.3, 0.4) is 0 Å². The van der Waals surface area contributed by atoms with Crippen LogP contribution in [0.25, 0.3) is 0 Å². The zero-order chi connectivity index (χ0) is 13.8. The van der Waals surface area contributed by atoms with Crippen LogP contribution in [0.5, 0.6) is 0 Å². The lowest BCUT2D eigenvalue weighted by Gasteiger charge is -2.16. The van der Waals surface area contributed by atoms with Crippen molar-refractivity contribution in [3.05, 3.63) is 58.4 Å². The van der Waals surface area contributed by atoms with Gasteiger partial charge in [-0.25, -0.2) is 9.37 Å². The number of carbonyl (C=O) groups is 1. The van der Waals surface area contributed by atoms with Gasteiger partial charge in [0.1, 0.15) is 11.6 Å². The summed E-state index contributed by atoms with van der Waals surface area (Å²) in [6, 6.07) is 9.78. The number of aromatic nitrogens is 1. The maximum atomic E-state index is 13.5. The molecule has 0 radical (unpaired) electrons. The molecule has 0 saturated heterocycles. The smallest absolute Gasteiger partial charge is 0.232 e. The molecular weight excluding hydrogens is 311 g/mol. The fourth-order valence-corrected chi connectivity index (χ4v) is 1.95. The van der Waals surface area contributed by atoms with E-state index in [-0.39, 0.29) is 18.1 Å². The van der Waals surface area contributed by atoms with Crippen LogP contribution in [0.1, 0.15) is 5.56 Å². The molecule has 0 aliphatic heterocycles. The maximum Gasteiger partial charge on any atom is 0.232 e. The zero-order valence-electron chi connectivity index (χ0n) is 10.3. The summed E-state index contributed by atoms with van der Waals surface area (Å²) < 4.78 is 14.3. The van der Waals surface area contributed by atoms with Crippen LogP contribution in [0, 0.1) is 5.82 Å². The molecule has 0 aliphatic rings. The van der Waals surface area contributed by atoms with E-state index in [1.165, 1.54) is 11.0 Å². The van der Waals surface area contributed by atoms with Gasteiger partial charge in [0.05, 0.1) is 6.42 Å². The molecule has 0 N–H and O–H groups in total. The number of halogens is 2. The third-order valence-corrected chi connectivity index (χ3v) is 3.22. The molecule has 2 aromatic rings. The van der Waals surface area contributed by atoms with Gasteiger partial charge in [0.25, 0.3) is 0 Å². The molecule has 0 bridgehead atoms. The van der Waals surface area contributed by atoms with Gasteiger partial charge in [0, 0.05) is 17.7 Å². The number of anilines is 1. The number of hydrogen-bond acceptors (Lipinski definition) is 2. The first-order valence-electron chi connectivity index (χ1n) is 5.69. The van der Waals surface area contributed by atoms with Crippen molar-refractivity contribution in [1.82, 2.24) is 4.98 Å². The first-order valence-corrected chi connectivity index (χ1v) is 6.49. The van der Waals surface area contributed by atoms with E-state index in [2.05, 4.69) is 20.9 Å². The largest absolute Gasteiger partial charge is 0.300 e. The highest BCUT2D eigenvalue weighted by Crippen LogP contribution is 2.17. The number of carbonyl (C=O) groups excluding carboxylic acids is 1. The Morgan fingerprint density at radius 2 is 2.11 bits per heavy atom. The molecule has 1 amide bonds. The van der Waals surface area contributed by atoms with Crippen LogP contribution >= 0.6 is 15.9 Å². The van der Waals surface area contributed by atoms with Gasteiger partial charge >= 0.3 is 0 Å². The Hall–Kier alpha value is -1.75. The lowest BCUT2D eigenvalue weighted by Crippen LogP contribution is -2.28. The van der Waals surface area contributed by atoms with E-state index < -0.39 is 0 Å². The second-order valence-corrected chi connectivity index (χ2v) is 4.97. The van der Waals surface area contributed by atoms with Crippen molar-refractivity contribution in [3.8, 4) is 0 Å². The van der Waals surface area contributed by atoms with Gasteiger partial charge < -0.3 is 0 Å². The van der Waals surface area contributed by atoms with Crippen molar-refractivity contribution in [2.75, 3.05) is 11.9 Å². The van der Waals surface area contributed by atoms with E-state index in [1.54, 1.807) is 43.6 Å². The van der Waals surface area contributed by atoms with E-state index in [0.717, 1.165) is 4.47 Å². The molecule has 0 saturated carbocycles. The van der Waals surface area contributed by atoms with E-state index in [1.807, 2.05) is 0 Å². The number of likely N-dealkylation sites (N-methyl/N-ethyl adjacent to an activating group) is 1. The fraction of sp³-hybridized carbons (Fsp3) is 0.143. The number of benzene rings is 1. The first kappa shape index (κ1) is 13.7. The summed E-state index contributed by atoms with van der Waals surface area (Å²) in [6.45, 7) is 0. The Morgan fingerprint density at radius 3 is 2.79 bits per heavy atom. The minimum Gasteiger partial charge on any atom is -0.300 e. The average Bonchev–Trinajstić information content (AvgIpc) is 2.40. The average molecular weight is 323 g/mol. The monoisotopic (exact) mass is 322 g/mol. The number of pyridine rings is 1. The number of nitrogens with zero attached hydrogens (tertiary/aromatic N) is 2. The van der Waals surface area contributed by atoms with Crippen LogP contribution in [0.2, 0.25) is 0 Å². The van der Waals surface area contributed by atoms with E-state index in [0.29, 0.717) is 11.4 Å². The summed E-state index contributed by atoms with van der Waals surface area (Å²) in [6.07, 6.45) is 1.61. The molecule has 0 spiro atoms. The van der Waals surface area contributed by atoms with Crippen LogP contribution in [0.4, 0.5) is 10.2 Å². The summed E-state index contributed by atoms with van der Waals surface area (Å²) >= 11 is 3.32. The van der Waals surface area contributed by atoms with Crippen molar-refractivity contribution in [1.29, 1.82) is 0 Å². The summed E-state index contributed by atoms with van der Waals surface area (Å²) in [5.41, 5.74) is 0.384. The number of rotatable bonds is 3. The molecule has 2 rings (SSSR count). The molecule has 0 atom stereocenters. The van der Waals surface area contributed by atoms with Crippen molar-refractivity contribution in [2.24, 2.45) is 0 Å².